The Bertz CT molecular complexity index is 972. The zero-order chi connectivity index (χ0) is 18.1. The number of H-pyrrole nitrogens is 1. The second-order valence-corrected chi connectivity index (χ2v) is 6.37. The van der Waals surface area contributed by atoms with E-state index in [4.69, 9.17) is 9.47 Å². The Kier molecular flexibility index (Phi) is 4.09. The molecule has 0 bridgehead atoms. The number of nitrogens with one attached hydrogen (secondary N) is 2. The maximum absolute atomic E-state index is 9.53. The maximum Gasteiger partial charge on any atom is 0.148 e. The minimum absolute atomic E-state index is 0.278. The zero-order valence-corrected chi connectivity index (χ0v) is 14.6. The van der Waals surface area contributed by atoms with Gasteiger partial charge in [0.1, 0.15) is 28.9 Å². The molecule has 2 heterocycles. The largest absolute Gasteiger partial charge is 0.497 e. The summed E-state index contributed by atoms with van der Waals surface area (Å²) in [6.07, 6.45) is 7.13. The van der Waals surface area contributed by atoms with E-state index in [2.05, 4.69) is 26.3 Å². The average molecular weight is 349 g/mol. The van der Waals surface area contributed by atoms with Gasteiger partial charge in [-0.3, -0.25) is 4.98 Å². The van der Waals surface area contributed by atoms with Crippen LogP contribution >= 0.6 is 0 Å². The molecule has 2 aromatic heterocycles. The number of pyridine rings is 1. The van der Waals surface area contributed by atoms with Crippen LogP contribution in [0.25, 0.3) is 10.9 Å². The van der Waals surface area contributed by atoms with Gasteiger partial charge in [-0.05, 0) is 18.9 Å². The van der Waals surface area contributed by atoms with E-state index >= 15 is 0 Å². The number of hydrogen-bond donors (Lipinski definition) is 2. The van der Waals surface area contributed by atoms with Crippen LogP contribution in [0.4, 0.5) is 5.69 Å². The fourth-order valence-corrected chi connectivity index (χ4v) is 3.42. The van der Waals surface area contributed by atoms with Gasteiger partial charge in [-0.2, -0.15) is 5.26 Å². The molecule has 0 saturated heterocycles. The number of nitrogens with zero attached hydrogens (tertiary/aromatic N) is 3. The van der Waals surface area contributed by atoms with Crippen LogP contribution in [-0.4, -0.2) is 35.2 Å². The van der Waals surface area contributed by atoms with E-state index < -0.39 is 0 Å². The van der Waals surface area contributed by atoms with Crippen molar-refractivity contribution >= 4 is 16.6 Å². The van der Waals surface area contributed by atoms with E-state index in [0.29, 0.717) is 28.5 Å². The summed E-state index contributed by atoms with van der Waals surface area (Å²) in [5.41, 5.74) is 1.99. The zero-order valence-electron chi connectivity index (χ0n) is 14.6. The summed E-state index contributed by atoms with van der Waals surface area (Å²) in [5.74, 6) is 2.72. The second-order valence-electron chi connectivity index (χ2n) is 6.37. The Hall–Kier alpha value is -3.27. The number of imidazole rings is 1. The predicted octanol–water partition coefficient (Wildman–Crippen LogP) is 3.20. The highest BCUT2D eigenvalue weighted by molar-refractivity contribution is 5.98. The van der Waals surface area contributed by atoms with E-state index in [9.17, 15) is 5.26 Å². The Labute approximate surface area is 151 Å². The fraction of sp³-hybridized carbons (Fsp3) is 0.316. The summed E-state index contributed by atoms with van der Waals surface area (Å²) in [6.45, 7) is 0. The molecule has 0 aliphatic heterocycles. The first-order valence-electron chi connectivity index (χ1n) is 8.44. The number of hydrogen-bond acceptors (Lipinski definition) is 6. The van der Waals surface area contributed by atoms with Crippen molar-refractivity contribution in [2.75, 3.05) is 19.5 Å². The maximum atomic E-state index is 9.53. The number of ether oxygens (including phenoxy) is 2. The van der Waals surface area contributed by atoms with Crippen molar-refractivity contribution in [1.29, 1.82) is 5.26 Å². The first kappa shape index (κ1) is 16.2. The Balaban J connectivity index is 1.68. The van der Waals surface area contributed by atoms with E-state index in [-0.39, 0.29) is 6.04 Å². The van der Waals surface area contributed by atoms with Crippen LogP contribution in [0.3, 0.4) is 0 Å². The molecule has 1 fully saturated rings. The number of benzene rings is 1. The monoisotopic (exact) mass is 349 g/mol. The first-order valence-corrected chi connectivity index (χ1v) is 8.44. The number of fused-ring (bicyclic) bond motifs is 1. The van der Waals surface area contributed by atoms with Gasteiger partial charge in [0.05, 0.1) is 25.5 Å². The van der Waals surface area contributed by atoms with Gasteiger partial charge in [-0.15, -0.1) is 0 Å². The molecule has 7 nitrogen and oxygen atoms in total. The SMILES string of the molecule is COc1cc(OC)c2ncc(C#N)c(NC3CC(c4ncc[nH]4)C3)c2c1. The van der Waals surface area contributed by atoms with Crippen molar-refractivity contribution in [3.63, 3.8) is 0 Å². The lowest BCUT2D eigenvalue weighted by Gasteiger charge is -2.35. The van der Waals surface area contributed by atoms with E-state index in [1.54, 1.807) is 32.7 Å². The number of aromatic nitrogens is 3. The normalized spacial score (nSPS) is 18.8. The van der Waals surface area contributed by atoms with Crippen molar-refractivity contribution in [1.82, 2.24) is 15.0 Å². The molecule has 0 radical (unpaired) electrons. The lowest BCUT2D eigenvalue weighted by molar-refractivity contribution is 0.361. The number of aromatic amines is 1. The highest BCUT2D eigenvalue weighted by atomic mass is 16.5. The third-order valence-corrected chi connectivity index (χ3v) is 4.88. The second kappa shape index (κ2) is 6.56. The number of methoxy groups -OCH3 is 2. The smallest absolute Gasteiger partial charge is 0.148 e. The van der Waals surface area contributed by atoms with Crippen LogP contribution in [0.5, 0.6) is 11.5 Å². The average Bonchev–Trinajstić information content (AvgIpc) is 3.17. The minimum Gasteiger partial charge on any atom is -0.497 e. The van der Waals surface area contributed by atoms with Gasteiger partial charge >= 0.3 is 0 Å². The van der Waals surface area contributed by atoms with Gasteiger partial charge in [0.2, 0.25) is 0 Å². The van der Waals surface area contributed by atoms with Gasteiger partial charge in [0.15, 0.2) is 0 Å². The first-order chi connectivity index (χ1) is 12.7. The van der Waals surface area contributed by atoms with Crippen LogP contribution in [0.1, 0.15) is 30.1 Å². The van der Waals surface area contributed by atoms with Crippen LogP contribution in [0.15, 0.2) is 30.7 Å². The summed E-state index contributed by atoms with van der Waals surface area (Å²) in [4.78, 5) is 11.9. The summed E-state index contributed by atoms with van der Waals surface area (Å²) < 4.78 is 10.8. The molecule has 3 aromatic rings. The molecule has 7 heteroatoms. The molecule has 1 aliphatic carbocycles. The van der Waals surface area contributed by atoms with Crippen LogP contribution < -0.4 is 14.8 Å². The molecular weight excluding hydrogens is 330 g/mol. The summed E-state index contributed by atoms with van der Waals surface area (Å²) in [6, 6.07) is 6.19. The summed E-state index contributed by atoms with van der Waals surface area (Å²) >= 11 is 0. The molecule has 4 rings (SSSR count). The van der Waals surface area contributed by atoms with Crippen molar-refractivity contribution in [2.45, 2.75) is 24.8 Å². The molecule has 132 valence electrons. The fourth-order valence-electron chi connectivity index (χ4n) is 3.42. The standard InChI is InChI=1S/C19H19N5O2/c1-25-14-7-15-17(12(9-20)10-23-18(15)16(8-14)26-2)24-13-5-11(6-13)19-21-3-4-22-19/h3-4,7-8,10-11,13H,5-6H2,1-2H3,(H,21,22)(H,23,24). The lowest BCUT2D eigenvalue weighted by atomic mass is 9.79. The van der Waals surface area contributed by atoms with E-state index in [0.717, 1.165) is 29.7 Å². The highest BCUT2D eigenvalue weighted by Crippen LogP contribution is 2.40. The number of anilines is 1. The van der Waals surface area contributed by atoms with Crippen LogP contribution in [-0.2, 0) is 0 Å². The van der Waals surface area contributed by atoms with E-state index in [1.165, 1.54) is 0 Å². The molecule has 1 aromatic carbocycles. The molecule has 0 amide bonds. The summed E-state index contributed by atoms with van der Waals surface area (Å²) in [7, 11) is 3.20. The molecule has 2 N–H and O–H groups in total. The van der Waals surface area contributed by atoms with Crippen LogP contribution in [0, 0.1) is 11.3 Å². The molecule has 0 unspecified atom stereocenters. The Morgan fingerprint density at radius 1 is 1.23 bits per heavy atom. The molecule has 0 atom stereocenters. The lowest BCUT2D eigenvalue weighted by Crippen LogP contribution is -2.34. The van der Waals surface area contributed by atoms with Gasteiger partial charge in [0.25, 0.3) is 0 Å². The van der Waals surface area contributed by atoms with Crippen molar-refractivity contribution in [2.24, 2.45) is 0 Å². The molecule has 1 aliphatic rings. The van der Waals surface area contributed by atoms with Crippen molar-refractivity contribution in [3.05, 3.63) is 42.1 Å². The number of nitriles is 1. The van der Waals surface area contributed by atoms with Crippen molar-refractivity contribution < 1.29 is 9.47 Å². The molecule has 1 saturated carbocycles. The molecule has 26 heavy (non-hydrogen) atoms. The molecule has 0 spiro atoms. The third kappa shape index (κ3) is 2.69. The van der Waals surface area contributed by atoms with E-state index in [1.807, 2.05) is 12.3 Å². The van der Waals surface area contributed by atoms with Gasteiger partial charge in [-0.1, -0.05) is 0 Å². The predicted molar refractivity (Wildman–Crippen MR) is 97.5 cm³/mol. The molecular formula is C19H19N5O2. The topological polar surface area (TPSA) is 95.8 Å². The van der Waals surface area contributed by atoms with Crippen LogP contribution in [0.2, 0.25) is 0 Å². The third-order valence-electron chi connectivity index (χ3n) is 4.88. The Morgan fingerprint density at radius 2 is 2.08 bits per heavy atom. The minimum atomic E-state index is 0.278. The summed E-state index contributed by atoms with van der Waals surface area (Å²) in [5, 5.41) is 13.9. The Morgan fingerprint density at radius 3 is 2.73 bits per heavy atom. The van der Waals surface area contributed by atoms with Crippen molar-refractivity contribution in [3.8, 4) is 17.6 Å². The highest BCUT2D eigenvalue weighted by Gasteiger charge is 2.32. The van der Waals surface area contributed by atoms with Gasteiger partial charge in [0, 0.05) is 42.0 Å². The van der Waals surface area contributed by atoms with Gasteiger partial charge < -0.3 is 19.8 Å². The quantitative estimate of drug-likeness (QED) is 0.734. The number of rotatable bonds is 5. The van der Waals surface area contributed by atoms with Gasteiger partial charge in [-0.25, -0.2) is 4.98 Å².